The van der Waals surface area contributed by atoms with Gasteiger partial charge in [-0.1, -0.05) is 0 Å². The monoisotopic (exact) mass is 374 g/mol. The van der Waals surface area contributed by atoms with Crippen molar-refractivity contribution in [1.29, 1.82) is 0 Å². The van der Waals surface area contributed by atoms with Crippen LogP contribution in [0, 0.1) is 0 Å². The van der Waals surface area contributed by atoms with E-state index in [9.17, 15) is 14.6 Å². The first kappa shape index (κ1) is 13.9. The summed E-state index contributed by atoms with van der Waals surface area (Å²) in [7, 11) is 0. The van der Waals surface area contributed by atoms with Crippen LogP contribution in [0.3, 0.4) is 0 Å². The number of hydrogen-bond donors (Lipinski definition) is 5. The molecule has 0 amide bonds. The van der Waals surface area contributed by atoms with Crippen LogP contribution in [0.1, 0.15) is 0 Å². The van der Waals surface area contributed by atoms with Crippen LogP contribution in [0.15, 0.2) is 9.78 Å². The van der Waals surface area contributed by atoms with Crippen LogP contribution in [-0.4, -0.2) is 63.6 Å². The number of nitrogens with two attached hydrogens (primary N) is 1. The highest BCUT2D eigenvalue weighted by atomic mass is 127. The van der Waals surface area contributed by atoms with Crippen molar-refractivity contribution in [1.82, 2.24) is 4.90 Å². The Labute approximate surface area is 116 Å². The van der Waals surface area contributed by atoms with E-state index in [-0.39, 0.29) is 5.84 Å². The molecule has 2 heterocycles. The van der Waals surface area contributed by atoms with E-state index in [0.29, 0.717) is 3.58 Å². The number of nitrogens with zero attached hydrogens (tertiary/aromatic N) is 1. The van der Waals surface area contributed by atoms with E-state index in [2.05, 4.69) is 4.99 Å². The summed E-state index contributed by atoms with van der Waals surface area (Å²) >= 11 is 1.92. The van der Waals surface area contributed by atoms with Gasteiger partial charge in [0.1, 0.15) is 15.8 Å². The predicted octanol–water partition coefficient (Wildman–Crippen LogP) is -3.29. The van der Waals surface area contributed by atoms with Crippen LogP contribution in [0.25, 0.3) is 0 Å². The van der Waals surface area contributed by atoms with E-state index in [4.69, 9.17) is 15.6 Å². The molecule has 2 rings (SSSR count). The molecule has 0 aromatic rings. The van der Waals surface area contributed by atoms with Gasteiger partial charge in [-0.15, -0.1) is 0 Å². The van der Waals surface area contributed by atoms with E-state index in [1.807, 2.05) is 22.6 Å². The fourth-order valence-corrected chi connectivity index (χ4v) is 2.34. The molecular weight excluding hydrogens is 360 g/mol. The fraction of sp³-hybridized carbons (Fsp3) is 0.667. The molecule has 2 aliphatic heterocycles. The van der Waals surface area contributed by atoms with Crippen LogP contribution in [0.5, 0.6) is 0 Å². The minimum Gasteiger partial charge on any atom is -0.394 e. The zero-order chi connectivity index (χ0) is 13.4. The molecule has 6 N–H and O–H groups in total. The summed E-state index contributed by atoms with van der Waals surface area (Å²) in [5, 5.41) is 28.2. The van der Waals surface area contributed by atoms with E-state index < -0.39 is 37.6 Å². The molecule has 5 unspecified atom stereocenters. The summed E-state index contributed by atoms with van der Waals surface area (Å²) in [4.78, 5) is 3.70. The van der Waals surface area contributed by atoms with E-state index in [0.717, 1.165) is 0 Å². The number of nitrogens with one attached hydrogen (secondary N) is 1. The Bertz CT molecular complexity index is 394. The maximum absolute atomic E-state index is 13.9. The smallest absolute Gasteiger partial charge is 0.284 e. The summed E-state index contributed by atoms with van der Waals surface area (Å²) in [6, 6.07) is 0. The van der Waals surface area contributed by atoms with Crippen LogP contribution in [-0.2, 0) is 4.74 Å². The summed E-state index contributed by atoms with van der Waals surface area (Å²) in [5.74, 6) is 0.270. The van der Waals surface area contributed by atoms with Gasteiger partial charge in [0.15, 0.2) is 12.4 Å². The molecule has 102 valence electrons. The van der Waals surface area contributed by atoms with Gasteiger partial charge in [-0.05, 0) is 22.6 Å². The topological polar surface area (TPSA) is 113 Å². The predicted molar refractivity (Wildman–Crippen MR) is 66.8 cm³/mol. The van der Waals surface area contributed by atoms with Crippen molar-refractivity contribution in [2.75, 3.05) is 6.61 Å². The first-order chi connectivity index (χ1) is 8.45. The summed E-state index contributed by atoms with van der Waals surface area (Å²) in [5.41, 5.74) is 5.56. The third-order valence-corrected chi connectivity index (χ3v) is 3.71. The Kier molecular flexibility index (Phi) is 4.06. The van der Waals surface area contributed by atoms with Gasteiger partial charge in [-0.2, -0.15) is 0 Å². The molecule has 9 heteroatoms. The minimum atomic E-state index is -1.74. The molecule has 0 saturated carbocycles. The van der Waals surface area contributed by atoms with Gasteiger partial charge in [0.2, 0.25) is 0 Å². The quantitative estimate of drug-likeness (QED) is 0.324. The van der Waals surface area contributed by atoms with E-state index >= 15 is 0 Å². The molecule has 0 aromatic carbocycles. The normalized spacial score (nSPS) is 40.7. The molecule has 1 saturated heterocycles. The lowest BCUT2D eigenvalue weighted by Crippen LogP contribution is -2.87. The standard InChI is InChI=1S/C9H13FIN3O4/c10-5-6(16)4(2-15)18-8(5)14-1-3(11)7(12)13-9(14)17/h1,4-6,8-9,15-17H,2H2,(H2,12,13)/p+1. The fourth-order valence-electron chi connectivity index (χ4n) is 1.86. The molecule has 18 heavy (non-hydrogen) atoms. The van der Waals surface area contributed by atoms with E-state index in [1.165, 1.54) is 11.1 Å². The van der Waals surface area contributed by atoms with E-state index in [1.54, 1.807) is 0 Å². The number of hydrogen-bond acceptors (Lipinski definition) is 6. The van der Waals surface area contributed by atoms with Crippen LogP contribution >= 0.6 is 22.6 Å². The number of aliphatic hydroxyl groups is 3. The van der Waals surface area contributed by atoms with Crippen molar-refractivity contribution in [3.05, 3.63) is 9.78 Å². The Morgan fingerprint density at radius 2 is 2.22 bits per heavy atom. The van der Waals surface area contributed by atoms with Gasteiger partial charge in [0.05, 0.1) is 6.61 Å². The molecule has 0 spiro atoms. The highest BCUT2D eigenvalue weighted by molar-refractivity contribution is 14.1. The second-order valence-electron chi connectivity index (χ2n) is 4.04. The van der Waals surface area contributed by atoms with Gasteiger partial charge in [-0.3, -0.25) is 10.6 Å². The van der Waals surface area contributed by atoms with Crippen molar-refractivity contribution in [2.45, 2.75) is 31.0 Å². The minimum absolute atomic E-state index is 0.270. The molecule has 7 nitrogen and oxygen atoms in total. The summed E-state index contributed by atoms with van der Waals surface area (Å²) in [6.07, 6.45) is -5.18. The summed E-state index contributed by atoms with van der Waals surface area (Å²) < 4.78 is 19.6. The first-order valence-electron chi connectivity index (χ1n) is 5.26. The number of aliphatic hydroxyl groups excluding tert-OH is 3. The third kappa shape index (κ3) is 2.32. The Morgan fingerprint density at radius 1 is 1.56 bits per heavy atom. The molecule has 0 bridgehead atoms. The lowest BCUT2D eigenvalue weighted by Gasteiger charge is -2.31. The largest absolute Gasteiger partial charge is 0.394 e. The second-order valence-corrected chi connectivity index (χ2v) is 5.20. The highest BCUT2D eigenvalue weighted by Crippen LogP contribution is 2.28. The number of halogens is 2. The number of rotatable bonds is 2. The molecule has 0 aromatic heterocycles. The molecule has 0 radical (unpaired) electrons. The van der Waals surface area contributed by atoms with Crippen molar-refractivity contribution in [3.63, 3.8) is 0 Å². The van der Waals surface area contributed by atoms with Crippen LogP contribution in [0.2, 0.25) is 0 Å². The van der Waals surface area contributed by atoms with Gasteiger partial charge in [0.25, 0.3) is 12.2 Å². The highest BCUT2D eigenvalue weighted by Gasteiger charge is 2.48. The first-order valence-corrected chi connectivity index (χ1v) is 6.34. The molecule has 2 aliphatic rings. The van der Waals surface area contributed by atoms with Gasteiger partial charge in [-0.25, -0.2) is 9.38 Å². The maximum Gasteiger partial charge on any atom is 0.284 e. The SMILES string of the molecule is NC1=[NH+]C(O)N(C2OC(CO)C(O)C2F)C=C1I. The number of amidine groups is 1. The van der Waals surface area contributed by atoms with Gasteiger partial charge >= 0.3 is 0 Å². The second kappa shape index (κ2) is 5.25. The van der Waals surface area contributed by atoms with Crippen molar-refractivity contribution >= 4 is 28.4 Å². The molecule has 5 atom stereocenters. The average Bonchev–Trinajstić information content (AvgIpc) is 2.61. The lowest BCUT2D eigenvalue weighted by molar-refractivity contribution is -0.593. The third-order valence-electron chi connectivity index (χ3n) is 2.85. The summed E-state index contributed by atoms with van der Waals surface area (Å²) in [6.45, 7) is -0.496. The Hall–Kier alpha value is -0.490. The number of ether oxygens (including phenoxy) is 1. The van der Waals surface area contributed by atoms with Gasteiger partial charge < -0.3 is 20.1 Å². The van der Waals surface area contributed by atoms with Crippen LogP contribution in [0.4, 0.5) is 4.39 Å². The number of alkyl halides is 1. The van der Waals surface area contributed by atoms with Gasteiger partial charge in [0, 0.05) is 6.20 Å². The maximum atomic E-state index is 13.9. The zero-order valence-electron chi connectivity index (χ0n) is 9.20. The average molecular weight is 374 g/mol. The van der Waals surface area contributed by atoms with Crippen molar-refractivity contribution < 1.29 is 29.4 Å². The van der Waals surface area contributed by atoms with Crippen molar-refractivity contribution in [3.8, 4) is 0 Å². The lowest BCUT2D eigenvalue weighted by atomic mass is 10.1. The molecule has 0 aliphatic carbocycles. The Morgan fingerprint density at radius 3 is 2.78 bits per heavy atom. The van der Waals surface area contributed by atoms with Crippen LogP contribution < -0.4 is 10.7 Å². The zero-order valence-corrected chi connectivity index (χ0v) is 11.4. The Balaban J connectivity index is 2.18. The molecule has 1 fully saturated rings. The molecular formula is C9H14FIN3O4+. The van der Waals surface area contributed by atoms with Crippen molar-refractivity contribution in [2.24, 2.45) is 5.73 Å².